The Balaban J connectivity index is 1.37. The summed E-state index contributed by atoms with van der Waals surface area (Å²) in [6.45, 7) is 9.42. The molecule has 0 saturated carbocycles. The predicted molar refractivity (Wildman–Crippen MR) is 145 cm³/mol. The lowest BCUT2D eigenvalue weighted by Crippen LogP contribution is -2.37. The zero-order chi connectivity index (χ0) is 27.8. The second-order valence-electron chi connectivity index (χ2n) is 9.43. The molecule has 2 aliphatic rings. The smallest absolute Gasteiger partial charge is 0.293 e. The number of aliphatic imine (C=N–C) groups is 1. The Bertz CT molecular complexity index is 1670. The van der Waals surface area contributed by atoms with Gasteiger partial charge in [-0.2, -0.15) is 4.80 Å². The maximum Gasteiger partial charge on any atom is 0.293 e. The molecule has 0 unspecified atom stereocenters. The van der Waals surface area contributed by atoms with Crippen LogP contribution in [0.2, 0.25) is 0 Å². The Morgan fingerprint density at radius 3 is 2.65 bits per heavy atom. The van der Waals surface area contributed by atoms with Crippen molar-refractivity contribution < 1.29 is 13.5 Å². The number of halogens is 2. The number of hydrogen-bond donors (Lipinski definition) is 1. The summed E-state index contributed by atoms with van der Waals surface area (Å²) in [6, 6.07) is 11.0. The van der Waals surface area contributed by atoms with Crippen LogP contribution in [-0.4, -0.2) is 62.5 Å². The topological polar surface area (TPSA) is 111 Å². The minimum absolute atomic E-state index is 0.0507. The number of methoxy groups -OCH3 is 1. The van der Waals surface area contributed by atoms with Crippen molar-refractivity contribution in [3.05, 3.63) is 64.9 Å². The fourth-order valence-corrected chi connectivity index (χ4v) is 4.78. The molecule has 0 bridgehead atoms. The molecule has 5 heterocycles. The lowest BCUT2D eigenvalue weighted by Gasteiger charge is -2.33. The van der Waals surface area contributed by atoms with Crippen molar-refractivity contribution in [2.75, 3.05) is 30.4 Å². The van der Waals surface area contributed by atoms with Gasteiger partial charge in [-0.05, 0) is 42.0 Å². The van der Waals surface area contributed by atoms with Crippen molar-refractivity contribution in [2.45, 2.75) is 25.7 Å². The quantitative estimate of drug-likeness (QED) is 0.320. The zero-order valence-electron chi connectivity index (χ0n) is 21.8. The van der Waals surface area contributed by atoms with Gasteiger partial charge in [0, 0.05) is 19.5 Å². The number of pyridine rings is 2. The van der Waals surface area contributed by atoms with Gasteiger partial charge in [-0.25, -0.2) is 13.8 Å². The summed E-state index contributed by atoms with van der Waals surface area (Å²) in [5, 5.41) is 15.6. The molecule has 0 atom stereocenters. The maximum atomic E-state index is 13.6. The Kier molecular flexibility index (Phi) is 6.51. The number of alkyl halides is 2. The molecule has 6 rings (SSSR count). The van der Waals surface area contributed by atoms with Gasteiger partial charge in [0.05, 0.1) is 60.3 Å². The summed E-state index contributed by atoms with van der Waals surface area (Å²) >= 11 is 0. The fraction of sp³-hybridized carbons (Fsp3) is 0.296. The van der Waals surface area contributed by atoms with Gasteiger partial charge < -0.3 is 19.8 Å². The monoisotopic (exact) mass is 542 g/mol. The van der Waals surface area contributed by atoms with E-state index in [4.69, 9.17) is 11.3 Å². The van der Waals surface area contributed by atoms with Crippen molar-refractivity contribution in [2.24, 2.45) is 12.0 Å². The molecule has 0 aliphatic carbocycles. The number of hydrogen-bond acceptors (Lipinski definition) is 9. The minimum Gasteiger partial charge on any atom is -0.494 e. The van der Waals surface area contributed by atoms with E-state index in [2.05, 4.69) is 45.4 Å². The van der Waals surface area contributed by atoms with Gasteiger partial charge in [0.25, 0.3) is 12.2 Å². The van der Waals surface area contributed by atoms with E-state index in [0.29, 0.717) is 63.5 Å². The number of ether oxygens (including phenoxy) is 1. The SMILES string of the molecule is [C-]#[N+]c1nc(Cc2cc(Nc3cccc(-c4nnn(C)n4)c3OC)c3c(n2)CC(C(F)F)=N3)ccc1N1CCC1. The number of benzene rings is 1. The summed E-state index contributed by atoms with van der Waals surface area (Å²) in [4.78, 5) is 20.5. The average Bonchev–Trinajstić information content (AvgIpc) is 3.55. The van der Waals surface area contributed by atoms with Crippen LogP contribution in [0.4, 0.5) is 37.3 Å². The van der Waals surface area contributed by atoms with Crippen LogP contribution >= 0.6 is 0 Å². The second kappa shape index (κ2) is 10.3. The van der Waals surface area contributed by atoms with Crippen LogP contribution in [0.25, 0.3) is 16.2 Å². The van der Waals surface area contributed by atoms with Crippen molar-refractivity contribution in [3.8, 4) is 17.1 Å². The molecule has 1 N–H and O–H groups in total. The van der Waals surface area contributed by atoms with Crippen molar-refractivity contribution in [3.63, 3.8) is 0 Å². The van der Waals surface area contributed by atoms with Crippen molar-refractivity contribution >= 4 is 34.3 Å². The largest absolute Gasteiger partial charge is 0.494 e. The molecule has 202 valence electrons. The van der Waals surface area contributed by atoms with Gasteiger partial charge >= 0.3 is 0 Å². The number of tetrazole rings is 1. The summed E-state index contributed by atoms with van der Waals surface area (Å²) < 4.78 is 33.0. The molecule has 40 heavy (non-hydrogen) atoms. The van der Waals surface area contributed by atoms with Crippen LogP contribution in [0.5, 0.6) is 5.75 Å². The Labute approximate surface area is 228 Å². The zero-order valence-corrected chi connectivity index (χ0v) is 21.8. The third-order valence-electron chi connectivity index (χ3n) is 6.79. The van der Waals surface area contributed by atoms with Crippen LogP contribution in [0.3, 0.4) is 0 Å². The highest BCUT2D eigenvalue weighted by Crippen LogP contribution is 2.41. The van der Waals surface area contributed by atoms with Crippen LogP contribution in [0.1, 0.15) is 23.5 Å². The Morgan fingerprint density at radius 2 is 1.98 bits per heavy atom. The van der Waals surface area contributed by atoms with E-state index in [1.165, 1.54) is 11.9 Å². The summed E-state index contributed by atoms with van der Waals surface area (Å²) in [7, 11) is 3.19. The number of nitrogens with zero attached hydrogens (tertiary/aromatic N) is 9. The van der Waals surface area contributed by atoms with Crippen LogP contribution in [0, 0.1) is 6.57 Å². The maximum absolute atomic E-state index is 13.6. The fourth-order valence-electron chi connectivity index (χ4n) is 4.78. The van der Waals surface area contributed by atoms with E-state index in [0.717, 1.165) is 25.2 Å². The van der Waals surface area contributed by atoms with Gasteiger partial charge in [0.1, 0.15) is 11.4 Å². The van der Waals surface area contributed by atoms with E-state index in [1.807, 2.05) is 18.2 Å². The molecule has 0 amide bonds. The van der Waals surface area contributed by atoms with Crippen LogP contribution in [0.15, 0.2) is 41.4 Å². The predicted octanol–water partition coefficient (Wildman–Crippen LogP) is 4.66. The second-order valence-corrected chi connectivity index (χ2v) is 9.43. The van der Waals surface area contributed by atoms with E-state index < -0.39 is 6.43 Å². The number of rotatable bonds is 8. The molecular weight excluding hydrogens is 518 g/mol. The third-order valence-corrected chi connectivity index (χ3v) is 6.79. The molecule has 13 heteroatoms. The lowest BCUT2D eigenvalue weighted by atomic mass is 10.1. The molecule has 11 nitrogen and oxygen atoms in total. The third kappa shape index (κ3) is 4.68. The molecule has 2 aliphatic heterocycles. The standard InChI is InChI=1S/C27H24F2N10O/c1-30-27-22(39-10-5-11-39)9-8-15(32-27)12-16-13-19(23-20(31-16)14-21(34-23)25(28)29)33-18-7-4-6-17(24(18)40-3)26-35-37-38(2)36-26/h4,6-9,13,25H,5,10-12,14H2,2-3H3,(H,31,33). The number of aromatic nitrogens is 6. The molecule has 1 fully saturated rings. The van der Waals surface area contributed by atoms with Crippen LogP contribution < -0.4 is 15.0 Å². The summed E-state index contributed by atoms with van der Waals surface area (Å²) in [6.07, 6.45) is -1.33. The number of nitrogens with one attached hydrogen (secondary N) is 1. The lowest BCUT2D eigenvalue weighted by molar-refractivity contribution is 0.224. The highest BCUT2D eigenvalue weighted by molar-refractivity contribution is 5.98. The Hall–Kier alpha value is -4.99. The average molecular weight is 543 g/mol. The van der Waals surface area contributed by atoms with Crippen molar-refractivity contribution in [1.29, 1.82) is 0 Å². The number of fused-ring (bicyclic) bond motifs is 1. The van der Waals surface area contributed by atoms with Crippen molar-refractivity contribution in [1.82, 2.24) is 30.2 Å². The van der Waals surface area contributed by atoms with Gasteiger partial charge in [-0.3, -0.25) is 4.98 Å². The van der Waals surface area contributed by atoms with Gasteiger partial charge in [0.2, 0.25) is 5.82 Å². The molecule has 0 radical (unpaired) electrons. The first kappa shape index (κ1) is 25.3. The normalized spacial score (nSPS) is 14.0. The van der Waals surface area contributed by atoms with E-state index in [9.17, 15) is 8.78 Å². The molecular formula is C27H24F2N10O. The molecule has 4 aromatic rings. The van der Waals surface area contributed by atoms with Gasteiger partial charge in [-0.15, -0.1) is 15.2 Å². The number of aryl methyl sites for hydroxylation is 1. The first-order chi connectivity index (χ1) is 19.4. The first-order valence-electron chi connectivity index (χ1n) is 12.6. The summed E-state index contributed by atoms with van der Waals surface area (Å²) in [5.41, 5.74) is 4.35. The minimum atomic E-state index is -2.69. The molecule has 3 aromatic heterocycles. The van der Waals surface area contributed by atoms with Gasteiger partial charge in [-0.1, -0.05) is 12.6 Å². The molecule has 1 saturated heterocycles. The van der Waals surface area contributed by atoms with E-state index in [1.54, 1.807) is 25.2 Å². The summed E-state index contributed by atoms with van der Waals surface area (Å²) in [5.74, 6) is 1.19. The van der Waals surface area contributed by atoms with E-state index >= 15 is 0 Å². The molecule has 0 spiro atoms. The number of para-hydroxylation sites is 1. The van der Waals surface area contributed by atoms with Crippen LogP contribution in [-0.2, 0) is 19.9 Å². The highest BCUT2D eigenvalue weighted by Gasteiger charge is 2.27. The highest BCUT2D eigenvalue weighted by atomic mass is 19.3. The first-order valence-corrected chi connectivity index (χ1v) is 12.6. The van der Waals surface area contributed by atoms with Gasteiger partial charge in [0.15, 0.2) is 5.75 Å². The van der Waals surface area contributed by atoms with E-state index in [-0.39, 0.29) is 12.1 Å². The number of anilines is 3. The Morgan fingerprint density at radius 1 is 1.12 bits per heavy atom. The molecule has 1 aromatic carbocycles.